The zero-order chi connectivity index (χ0) is 14.5. The zero-order valence-corrected chi connectivity index (χ0v) is 11.5. The van der Waals surface area contributed by atoms with E-state index in [0.29, 0.717) is 18.5 Å². The molecule has 0 unspecified atom stereocenters. The minimum absolute atomic E-state index is 0.0308. The zero-order valence-electron chi connectivity index (χ0n) is 11.5. The molecule has 1 aliphatic rings. The molecule has 1 N–H and O–H groups in total. The van der Waals surface area contributed by atoms with Gasteiger partial charge in [0.05, 0.1) is 17.7 Å². The van der Waals surface area contributed by atoms with Crippen molar-refractivity contribution < 1.29 is 19.5 Å². The van der Waals surface area contributed by atoms with Crippen LogP contribution in [0.2, 0.25) is 0 Å². The normalized spacial score (nSPS) is 23.3. The van der Waals surface area contributed by atoms with Crippen molar-refractivity contribution in [3.63, 3.8) is 0 Å². The molecule has 5 nitrogen and oxygen atoms in total. The Morgan fingerprint density at radius 3 is 2.70 bits per heavy atom. The second-order valence-electron chi connectivity index (χ2n) is 5.07. The summed E-state index contributed by atoms with van der Waals surface area (Å²) >= 11 is 0. The van der Waals surface area contributed by atoms with Gasteiger partial charge in [0, 0.05) is 13.0 Å². The molecule has 0 spiro atoms. The first-order valence-corrected chi connectivity index (χ1v) is 6.79. The minimum Gasteiger partial charge on any atom is -0.391 e. The molecule has 0 aliphatic carbocycles. The van der Waals surface area contributed by atoms with Crippen LogP contribution < -0.4 is 0 Å². The largest absolute Gasteiger partial charge is 0.391 e. The van der Waals surface area contributed by atoms with Gasteiger partial charge in [-0.3, -0.25) is 4.79 Å². The molecule has 2 atom stereocenters. The van der Waals surface area contributed by atoms with Crippen LogP contribution in [0.25, 0.3) is 0 Å². The molecule has 0 bridgehead atoms. The fraction of sp³-hybridized carbons (Fsp3) is 0.467. The second-order valence-corrected chi connectivity index (χ2v) is 5.07. The predicted octanol–water partition coefficient (Wildman–Crippen LogP) is 1.56. The first kappa shape index (κ1) is 14.7. The Hall–Kier alpha value is -1.72. The molecule has 0 saturated carbocycles. The summed E-state index contributed by atoms with van der Waals surface area (Å²) in [6.45, 7) is 2.01. The Morgan fingerprint density at radius 1 is 1.35 bits per heavy atom. The first-order valence-electron chi connectivity index (χ1n) is 6.79. The molecule has 1 heterocycles. The van der Waals surface area contributed by atoms with Crippen molar-refractivity contribution in [3.05, 3.63) is 35.9 Å². The first-order chi connectivity index (χ1) is 9.58. The van der Waals surface area contributed by atoms with Gasteiger partial charge in [0.1, 0.15) is 5.78 Å². The van der Waals surface area contributed by atoms with Gasteiger partial charge >= 0.3 is 5.97 Å². The van der Waals surface area contributed by atoms with Gasteiger partial charge in [-0.25, -0.2) is 4.79 Å². The Morgan fingerprint density at radius 2 is 2.05 bits per heavy atom. The number of benzene rings is 1. The van der Waals surface area contributed by atoms with E-state index >= 15 is 0 Å². The van der Waals surface area contributed by atoms with Crippen molar-refractivity contribution in [2.75, 3.05) is 6.54 Å². The number of hydrogen-bond donors (Lipinski definition) is 1. The number of hydrogen-bond acceptors (Lipinski definition) is 5. The third-order valence-corrected chi connectivity index (χ3v) is 3.40. The monoisotopic (exact) mass is 277 g/mol. The summed E-state index contributed by atoms with van der Waals surface area (Å²) in [4.78, 5) is 28.6. The number of ketones is 1. The third-order valence-electron chi connectivity index (χ3n) is 3.40. The van der Waals surface area contributed by atoms with Crippen LogP contribution in [0.4, 0.5) is 0 Å². The molecule has 1 fully saturated rings. The molecule has 108 valence electrons. The van der Waals surface area contributed by atoms with Crippen LogP contribution in [0, 0.1) is 0 Å². The lowest BCUT2D eigenvalue weighted by molar-refractivity contribution is -0.181. The summed E-state index contributed by atoms with van der Waals surface area (Å²) in [6.07, 6.45) is 0.898. The molecule has 1 aliphatic heterocycles. The van der Waals surface area contributed by atoms with E-state index in [1.165, 1.54) is 12.0 Å². The fourth-order valence-corrected chi connectivity index (χ4v) is 2.39. The van der Waals surface area contributed by atoms with Crippen LogP contribution in [0.15, 0.2) is 30.3 Å². The number of carbonyl (C=O) groups excluding carboxylic acids is 2. The van der Waals surface area contributed by atoms with Crippen molar-refractivity contribution >= 4 is 11.8 Å². The number of aliphatic hydroxyl groups is 1. The Balaban J connectivity index is 2.05. The van der Waals surface area contributed by atoms with Crippen LogP contribution in [0.5, 0.6) is 0 Å². The number of Topliss-reactive ketones (excluding diaryl/α,β-unsaturated/α-hetero) is 1. The van der Waals surface area contributed by atoms with E-state index in [-0.39, 0.29) is 12.2 Å². The molecule has 0 aromatic heterocycles. The summed E-state index contributed by atoms with van der Waals surface area (Å²) in [7, 11) is 0. The molecule has 2 rings (SSSR count). The lowest BCUT2D eigenvalue weighted by Gasteiger charge is -2.36. The average Bonchev–Trinajstić information content (AvgIpc) is 2.43. The molecule has 5 heteroatoms. The number of nitrogens with zero attached hydrogens (tertiary/aromatic N) is 1. The van der Waals surface area contributed by atoms with E-state index < -0.39 is 18.1 Å². The average molecular weight is 277 g/mol. The molecular formula is C15H19NO4. The van der Waals surface area contributed by atoms with Crippen LogP contribution in [0.1, 0.15) is 36.5 Å². The molecular weight excluding hydrogens is 258 g/mol. The van der Waals surface area contributed by atoms with Crippen molar-refractivity contribution in [2.24, 2.45) is 0 Å². The van der Waals surface area contributed by atoms with Crippen LogP contribution in [-0.2, 0) is 9.63 Å². The van der Waals surface area contributed by atoms with Crippen LogP contribution in [0.3, 0.4) is 0 Å². The summed E-state index contributed by atoms with van der Waals surface area (Å²) in [5.41, 5.74) is 0.453. The predicted molar refractivity (Wildman–Crippen MR) is 72.9 cm³/mol. The Kier molecular flexibility index (Phi) is 4.87. The van der Waals surface area contributed by atoms with Gasteiger partial charge in [0.2, 0.25) is 0 Å². The Labute approximate surface area is 118 Å². The highest BCUT2D eigenvalue weighted by atomic mass is 16.7. The highest BCUT2D eigenvalue weighted by Gasteiger charge is 2.33. The number of rotatable bonds is 4. The van der Waals surface area contributed by atoms with Gasteiger partial charge in [-0.15, -0.1) is 5.06 Å². The van der Waals surface area contributed by atoms with E-state index in [9.17, 15) is 14.7 Å². The third kappa shape index (κ3) is 3.65. The van der Waals surface area contributed by atoms with E-state index in [1.54, 1.807) is 24.3 Å². The lowest BCUT2D eigenvalue weighted by Crippen LogP contribution is -2.49. The summed E-state index contributed by atoms with van der Waals surface area (Å²) < 4.78 is 0. The van der Waals surface area contributed by atoms with Crippen LogP contribution in [-0.4, -0.2) is 40.6 Å². The number of piperidine rings is 1. The number of aliphatic hydroxyl groups excluding tert-OH is 1. The number of carbonyl (C=O) groups is 2. The minimum atomic E-state index is -0.642. The SMILES string of the molecule is CC(=O)C[C@@H]1[C@@H](O)CCCN1OC(=O)c1ccccc1. The van der Waals surface area contributed by atoms with Crippen LogP contribution >= 0.6 is 0 Å². The molecule has 0 amide bonds. The summed E-state index contributed by atoms with van der Waals surface area (Å²) in [5, 5.41) is 11.4. The van der Waals surface area contributed by atoms with Crippen molar-refractivity contribution in [3.8, 4) is 0 Å². The smallest absolute Gasteiger partial charge is 0.357 e. The van der Waals surface area contributed by atoms with Gasteiger partial charge in [-0.2, -0.15) is 0 Å². The number of hydroxylamine groups is 2. The van der Waals surface area contributed by atoms with Gasteiger partial charge in [0.25, 0.3) is 0 Å². The lowest BCUT2D eigenvalue weighted by atomic mass is 9.97. The van der Waals surface area contributed by atoms with Crippen molar-refractivity contribution in [2.45, 2.75) is 38.3 Å². The fourth-order valence-electron chi connectivity index (χ4n) is 2.39. The second kappa shape index (κ2) is 6.63. The standard InChI is InChI=1S/C15H19NO4/c1-11(17)10-13-14(18)8-5-9-16(13)20-15(19)12-6-3-2-4-7-12/h2-4,6-7,13-14,18H,5,8-10H2,1H3/t13-,14+/m1/s1. The van der Waals surface area contributed by atoms with Gasteiger partial charge in [0.15, 0.2) is 0 Å². The molecule has 0 radical (unpaired) electrons. The Bertz CT molecular complexity index is 474. The highest BCUT2D eigenvalue weighted by molar-refractivity contribution is 5.89. The van der Waals surface area contributed by atoms with Crippen molar-refractivity contribution in [1.29, 1.82) is 0 Å². The molecule has 1 saturated heterocycles. The molecule has 1 aromatic carbocycles. The maximum absolute atomic E-state index is 12.0. The van der Waals surface area contributed by atoms with Gasteiger partial charge < -0.3 is 9.94 Å². The quantitative estimate of drug-likeness (QED) is 0.904. The van der Waals surface area contributed by atoms with Gasteiger partial charge in [-0.1, -0.05) is 18.2 Å². The van der Waals surface area contributed by atoms with Gasteiger partial charge in [-0.05, 0) is 31.9 Å². The summed E-state index contributed by atoms with van der Waals surface area (Å²) in [5.74, 6) is -0.495. The maximum Gasteiger partial charge on any atom is 0.357 e. The van der Waals surface area contributed by atoms with E-state index in [1.807, 2.05) is 6.07 Å². The van der Waals surface area contributed by atoms with E-state index in [4.69, 9.17) is 4.84 Å². The molecule has 20 heavy (non-hydrogen) atoms. The van der Waals surface area contributed by atoms with Crippen molar-refractivity contribution in [1.82, 2.24) is 5.06 Å². The molecule has 1 aromatic rings. The van der Waals surface area contributed by atoms with E-state index in [0.717, 1.165) is 6.42 Å². The summed E-state index contributed by atoms with van der Waals surface area (Å²) in [6, 6.07) is 8.23. The maximum atomic E-state index is 12.0. The highest BCUT2D eigenvalue weighted by Crippen LogP contribution is 2.21. The van der Waals surface area contributed by atoms with E-state index in [2.05, 4.69) is 0 Å². The topological polar surface area (TPSA) is 66.8 Å².